The van der Waals surface area contributed by atoms with Gasteiger partial charge in [0.1, 0.15) is 6.10 Å². The van der Waals surface area contributed by atoms with Gasteiger partial charge >= 0.3 is 0 Å². The monoisotopic (exact) mass is 340 g/mol. The van der Waals surface area contributed by atoms with E-state index in [0.29, 0.717) is 0 Å². The SMILES string of the molecule is C[C@@H]1CN(c2ncc(-c3ccncc3)c([C@@H]3CCCO3)n2)C[C@H](C)O1. The first-order valence-corrected chi connectivity index (χ1v) is 9.00. The molecule has 0 bridgehead atoms. The molecule has 0 N–H and O–H groups in total. The van der Waals surface area contributed by atoms with Crippen molar-refractivity contribution in [2.45, 2.75) is 45.0 Å². The van der Waals surface area contributed by atoms with Gasteiger partial charge in [0, 0.05) is 43.9 Å². The molecule has 6 nitrogen and oxygen atoms in total. The zero-order valence-electron chi connectivity index (χ0n) is 14.8. The number of aromatic nitrogens is 3. The molecule has 132 valence electrons. The summed E-state index contributed by atoms with van der Waals surface area (Å²) >= 11 is 0. The second kappa shape index (κ2) is 7.06. The van der Waals surface area contributed by atoms with Gasteiger partial charge in [0.15, 0.2) is 0 Å². The molecular formula is C19H24N4O2. The minimum Gasteiger partial charge on any atom is -0.372 e. The van der Waals surface area contributed by atoms with E-state index in [9.17, 15) is 0 Å². The lowest BCUT2D eigenvalue weighted by atomic mass is 10.0. The van der Waals surface area contributed by atoms with Gasteiger partial charge in [0.05, 0.1) is 17.9 Å². The predicted octanol–water partition coefficient (Wildman–Crippen LogP) is 3.00. The Hall–Kier alpha value is -2.05. The van der Waals surface area contributed by atoms with Crippen LogP contribution in [0.4, 0.5) is 5.95 Å². The Morgan fingerprint density at radius 1 is 1.12 bits per heavy atom. The van der Waals surface area contributed by atoms with Crippen molar-refractivity contribution in [2.75, 3.05) is 24.6 Å². The first-order chi connectivity index (χ1) is 12.2. The second-order valence-corrected chi connectivity index (χ2v) is 6.87. The predicted molar refractivity (Wildman–Crippen MR) is 95.4 cm³/mol. The van der Waals surface area contributed by atoms with Gasteiger partial charge in [0.25, 0.3) is 0 Å². The summed E-state index contributed by atoms with van der Waals surface area (Å²) in [6, 6.07) is 3.99. The van der Waals surface area contributed by atoms with E-state index >= 15 is 0 Å². The van der Waals surface area contributed by atoms with Crippen LogP contribution in [0.3, 0.4) is 0 Å². The summed E-state index contributed by atoms with van der Waals surface area (Å²) in [5.74, 6) is 0.769. The number of rotatable bonds is 3. The number of hydrogen-bond acceptors (Lipinski definition) is 6. The molecule has 2 aromatic rings. The van der Waals surface area contributed by atoms with Crippen LogP contribution in [0.25, 0.3) is 11.1 Å². The standard InChI is InChI=1S/C19H24N4O2/c1-13-11-23(12-14(2)25-13)19-21-10-16(15-5-7-20-8-6-15)18(22-19)17-4-3-9-24-17/h5-8,10,13-14,17H,3-4,9,11-12H2,1-2H3/t13-,14+,17-/m0/s1. The summed E-state index contributed by atoms with van der Waals surface area (Å²) in [5, 5.41) is 0. The van der Waals surface area contributed by atoms with Crippen molar-refractivity contribution in [2.24, 2.45) is 0 Å². The zero-order chi connectivity index (χ0) is 17.2. The highest BCUT2D eigenvalue weighted by Crippen LogP contribution is 2.35. The van der Waals surface area contributed by atoms with Crippen molar-refractivity contribution in [3.8, 4) is 11.1 Å². The van der Waals surface area contributed by atoms with Gasteiger partial charge in [0.2, 0.25) is 5.95 Å². The number of pyridine rings is 1. The molecule has 25 heavy (non-hydrogen) atoms. The summed E-state index contributed by atoms with van der Waals surface area (Å²) in [4.78, 5) is 15.9. The van der Waals surface area contributed by atoms with Crippen LogP contribution in [0.15, 0.2) is 30.7 Å². The van der Waals surface area contributed by atoms with E-state index in [1.807, 2.05) is 18.3 Å². The van der Waals surface area contributed by atoms with Crippen LogP contribution in [0.1, 0.15) is 38.5 Å². The molecule has 0 radical (unpaired) electrons. The molecule has 0 spiro atoms. The maximum atomic E-state index is 5.94. The molecule has 4 rings (SSSR count). The zero-order valence-corrected chi connectivity index (χ0v) is 14.8. The minimum atomic E-state index is 0.0424. The van der Waals surface area contributed by atoms with E-state index in [4.69, 9.17) is 14.5 Å². The Morgan fingerprint density at radius 2 is 1.88 bits per heavy atom. The van der Waals surface area contributed by atoms with E-state index in [1.165, 1.54) is 0 Å². The van der Waals surface area contributed by atoms with Crippen molar-refractivity contribution >= 4 is 5.95 Å². The number of nitrogens with zero attached hydrogens (tertiary/aromatic N) is 4. The van der Waals surface area contributed by atoms with E-state index < -0.39 is 0 Å². The normalized spacial score (nSPS) is 26.8. The molecule has 6 heteroatoms. The lowest BCUT2D eigenvalue weighted by Gasteiger charge is -2.35. The van der Waals surface area contributed by atoms with Gasteiger partial charge in [-0.1, -0.05) is 0 Å². The Kier molecular flexibility index (Phi) is 4.63. The molecular weight excluding hydrogens is 316 g/mol. The summed E-state index contributed by atoms with van der Waals surface area (Å²) in [7, 11) is 0. The third-order valence-electron chi connectivity index (χ3n) is 4.73. The summed E-state index contributed by atoms with van der Waals surface area (Å²) in [6.07, 6.45) is 8.01. The van der Waals surface area contributed by atoms with Crippen molar-refractivity contribution < 1.29 is 9.47 Å². The second-order valence-electron chi connectivity index (χ2n) is 6.87. The largest absolute Gasteiger partial charge is 0.372 e. The van der Waals surface area contributed by atoms with Crippen LogP contribution in [-0.2, 0) is 9.47 Å². The highest BCUT2D eigenvalue weighted by atomic mass is 16.5. The Bertz CT molecular complexity index is 709. The number of morpholine rings is 1. The molecule has 0 unspecified atom stereocenters. The maximum absolute atomic E-state index is 5.94. The molecule has 3 atom stereocenters. The highest BCUT2D eigenvalue weighted by molar-refractivity contribution is 5.65. The van der Waals surface area contributed by atoms with Crippen molar-refractivity contribution in [3.05, 3.63) is 36.4 Å². The number of anilines is 1. The van der Waals surface area contributed by atoms with Crippen molar-refractivity contribution in [1.82, 2.24) is 15.0 Å². The van der Waals surface area contributed by atoms with Crippen LogP contribution < -0.4 is 4.90 Å². The van der Waals surface area contributed by atoms with Crippen LogP contribution >= 0.6 is 0 Å². The van der Waals surface area contributed by atoms with Gasteiger partial charge < -0.3 is 14.4 Å². The molecule has 0 aliphatic carbocycles. The molecule has 4 heterocycles. The Morgan fingerprint density at radius 3 is 2.56 bits per heavy atom. The number of hydrogen-bond donors (Lipinski definition) is 0. The minimum absolute atomic E-state index is 0.0424. The Balaban J connectivity index is 1.72. The molecule has 2 aliphatic rings. The quantitative estimate of drug-likeness (QED) is 0.856. The molecule has 2 fully saturated rings. The molecule has 2 aliphatic heterocycles. The van der Waals surface area contributed by atoms with Gasteiger partial charge in [-0.25, -0.2) is 9.97 Å². The highest BCUT2D eigenvalue weighted by Gasteiger charge is 2.28. The third kappa shape index (κ3) is 3.50. The van der Waals surface area contributed by atoms with E-state index in [-0.39, 0.29) is 18.3 Å². The van der Waals surface area contributed by atoms with Gasteiger partial charge in [-0.2, -0.15) is 0 Å². The fourth-order valence-electron chi connectivity index (χ4n) is 3.67. The van der Waals surface area contributed by atoms with Crippen LogP contribution in [-0.4, -0.2) is 46.9 Å². The average molecular weight is 340 g/mol. The van der Waals surface area contributed by atoms with Gasteiger partial charge in [-0.15, -0.1) is 0 Å². The fourth-order valence-corrected chi connectivity index (χ4v) is 3.67. The molecule has 2 saturated heterocycles. The molecule has 0 saturated carbocycles. The summed E-state index contributed by atoms with van der Waals surface area (Å²) in [5.41, 5.74) is 3.10. The first kappa shape index (κ1) is 16.4. The summed E-state index contributed by atoms with van der Waals surface area (Å²) in [6.45, 7) is 6.60. The van der Waals surface area contributed by atoms with E-state index in [2.05, 4.69) is 28.7 Å². The van der Waals surface area contributed by atoms with Crippen molar-refractivity contribution in [3.63, 3.8) is 0 Å². The lowest BCUT2D eigenvalue weighted by molar-refractivity contribution is -0.00576. The van der Waals surface area contributed by atoms with Crippen molar-refractivity contribution in [1.29, 1.82) is 0 Å². The topological polar surface area (TPSA) is 60.4 Å². The molecule has 0 aromatic carbocycles. The van der Waals surface area contributed by atoms with Gasteiger partial charge in [-0.3, -0.25) is 4.98 Å². The van der Waals surface area contributed by atoms with E-state index in [1.54, 1.807) is 12.4 Å². The molecule has 0 amide bonds. The average Bonchev–Trinajstić information content (AvgIpc) is 3.16. The van der Waals surface area contributed by atoms with E-state index in [0.717, 1.165) is 55.3 Å². The lowest BCUT2D eigenvalue weighted by Crippen LogP contribution is -2.46. The summed E-state index contributed by atoms with van der Waals surface area (Å²) < 4.78 is 11.8. The third-order valence-corrected chi connectivity index (χ3v) is 4.73. The van der Waals surface area contributed by atoms with Crippen LogP contribution in [0.5, 0.6) is 0 Å². The molecule has 2 aromatic heterocycles. The van der Waals surface area contributed by atoms with Crippen LogP contribution in [0, 0.1) is 0 Å². The first-order valence-electron chi connectivity index (χ1n) is 9.00. The Labute approximate surface area is 148 Å². The number of ether oxygens (including phenoxy) is 2. The van der Waals surface area contributed by atoms with Crippen LogP contribution in [0.2, 0.25) is 0 Å². The van der Waals surface area contributed by atoms with Gasteiger partial charge in [-0.05, 0) is 44.4 Å². The fraction of sp³-hybridized carbons (Fsp3) is 0.526. The maximum Gasteiger partial charge on any atom is 0.225 e. The smallest absolute Gasteiger partial charge is 0.225 e.